The summed E-state index contributed by atoms with van der Waals surface area (Å²) in [5.74, 6) is 4.84. The molecule has 0 bridgehead atoms. The number of methoxy groups -OCH3 is 2. The van der Waals surface area contributed by atoms with Gasteiger partial charge in [-0.1, -0.05) is 155 Å². The van der Waals surface area contributed by atoms with E-state index in [0.717, 1.165) is 56.8 Å². The van der Waals surface area contributed by atoms with Gasteiger partial charge in [0.15, 0.2) is 23.0 Å². The average molecular weight is 1210 g/mol. The molecule has 0 saturated heterocycles. The molecule has 8 nitrogen and oxygen atoms in total. The van der Waals surface area contributed by atoms with Crippen LogP contribution in [0.4, 0.5) is 0 Å². The molecule has 0 radical (unpaired) electrons. The van der Waals surface area contributed by atoms with E-state index in [1.54, 1.807) is 14.2 Å². The Kier molecular flexibility index (Phi) is 20.8. The molecule has 8 aromatic rings. The Morgan fingerprint density at radius 3 is 0.974 bits per heavy atom. The molecule has 1 atom stereocenters. The van der Waals surface area contributed by atoms with E-state index in [4.69, 9.17) is 39.9 Å². The normalized spacial score (nSPS) is 12.5. The van der Waals surface area contributed by atoms with Crippen LogP contribution in [0, 0.1) is 61.3 Å². The molecule has 0 aliphatic carbocycles. The third-order valence-corrected chi connectivity index (χ3v) is 18.8. The second kappa shape index (κ2) is 26.2. The molecular formula is C65H70Cl2N2O6P2Ru. The van der Waals surface area contributed by atoms with Crippen LogP contribution in [0.15, 0.2) is 146 Å². The predicted octanol–water partition coefficient (Wildman–Crippen LogP) is 5.69. The Morgan fingerprint density at radius 1 is 0.436 bits per heavy atom. The molecule has 2 heterocycles. The van der Waals surface area contributed by atoms with E-state index < -0.39 is 21.4 Å². The molecule has 2 aliphatic rings. The Bertz CT molecular complexity index is 3000. The van der Waals surface area contributed by atoms with E-state index in [1.165, 1.54) is 76.3 Å². The number of halogens is 2. The van der Waals surface area contributed by atoms with Gasteiger partial charge in [0.05, 0.1) is 19.8 Å². The molecule has 0 spiro atoms. The minimum atomic E-state index is -1.05. The fourth-order valence-electron chi connectivity index (χ4n) is 10.8. The smallest absolute Gasteiger partial charge is 1.00 e. The fraction of sp³-hybridized carbons (Fsp3) is 0.262. The summed E-state index contributed by atoms with van der Waals surface area (Å²) in [6.45, 7) is 22.1. The molecular weight excluding hydrogens is 1140 g/mol. The predicted molar refractivity (Wildman–Crippen MR) is 313 cm³/mol. The number of hydrogen-bond acceptors (Lipinski definition) is 8. The topological polar surface area (TPSA) is 107 Å². The molecule has 78 heavy (non-hydrogen) atoms. The van der Waals surface area contributed by atoms with E-state index in [1.807, 2.05) is 48.5 Å². The number of hydrogen-bond donors (Lipinski definition) is 2. The maximum absolute atomic E-state index is 6.86. The summed E-state index contributed by atoms with van der Waals surface area (Å²) in [5, 5.41) is 7.61. The van der Waals surface area contributed by atoms with E-state index in [0.29, 0.717) is 0 Å². The number of nitrogens with two attached hydrogens (primary N) is 2. The van der Waals surface area contributed by atoms with Gasteiger partial charge in [0.25, 0.3) is 0 Å². The summed E-state index contributed by atoms with van der Waals surface area (Å²) in [6.07, 6.45) is 0. The van der Waals surface area contributed by atoms with Gasteiger partial charge in [-0.15, -0.1) is 0 Å². The third-order valence-electron chi connectivity index (χ3n) is 14.0. The Morgan fingerprint density at radius 2 is 0.718 bits per heavy atom. The molecule has 13 heteroatoms. The summed E-state index contributed by atoms with van der Waals surface area (Å²) in [7, 11) is 1.19. The first-order valence-corrected chi connectivity index (χ1v) is 28.3. The van der Waals surface area contributed by atoms with Gasteiger partial charge in [0.1, 0.15) is 11.5 Å². The number of aryl methyl sites for hydroxylation is 8. The standard InChI is InChI=1S/C46H44O4P2.C19H26N2O2.2ClH.Ru/c1-27-13-28(2)18-35(17-27)51(36-19-29(3)14-30(4)20-36)41-11-9-39-45(49-25-47-39)43(41)44-42(12-10-40-46(44)50-26-48-40)52(37-21-31(5)15-32(6)22-37)38-23-33(7)16-34(8)24-38;1-13(2)18(20)19(21,14-5-9-16(22-3)10-6-14)15-7-11-17(23-4)12-8-15;;;/h9-24H,25-26H2,1-8H3;5-13,18H,20-21H2,1-4H3;2*1H;/q;;;;+2/p-2. The van der Waals surface area contributed by atoms with Crippen LogP contribution in [0.1, 0.15) is 69.5 Å². The van der Waals surface area contributed by atoms with Crippen molar-refractivity contribution < 1.29 is 72.7 Å². The zero-order valence-corrected chi connectivity index (χ0v) is 51.6. The molecule has 2 aliphatic heterocycles. The summed E-state index contributed by atoms with van der Waals surface area (Å²) >= 11 is 0. The van der Waals surface area contributed by atoms with Crippen LogP contribution in [0.25, 0.3) is 11.1 Å². The second-order valence-electron chi connectivity index (χ2n) is 20.5. The summed E-state index contributed by atoms with van der Waals surface area (Å²) in [5.41, 5.74) is 26.6. The first-order valence-electron chi connectivity index (χ1n) is 25.6. The van der Waals surface area contributed by atoms with Crippen LogP contribution < -0.4 is 96.5 Å². The third kappa shape index (κ3) is 12.9. The van der Waals surface area contributed by atoms with Crippen molar-refractivity contribution >= 4 is 47.7 Å². The Balaban J connectivity index is 0.000000321. The van der Waals surface area contributed by atoms with Crippen LogP contribution in [-0.2, 0) is 25.0 Å². The van der Waals surface area contributed by atoms with E-state index in [2.05, 4.69) is 166 Å². The number of fused-ring (bicyclic) bond motifs is 2. The molecule has 1 unspecified atom stereocenters. The molecule has 0 amide bonds. The number of rotatable bonds is 13. The minimum absolute atomic E-state index is 0. The van der Waals surface area contributed by atoms with Gasteiger partial charge in [-0.3, -0.25) is 0 Å². The van der Waals surface area contributed by atoms with Crippen molar-refractivity contribution in [2.45, 2.75) is 80.8 Å². The zero-order valence-electron chi connectivity index (χ0n) is 46.5. The van der Waals surface area contributed by atoms with Gasteiger partial charge in [-0.25, -0.2) is 0 Å². The van der Waals surface area contributed by atoms with Crippen molar-refractivity contribution in [1.29, 1.82) is 0 Å². The van der Waals surface area contributed by atoms with E-state index >= 15 is 0 Å². The van der Waals surface area contributed by atoms with Gasteiger partial charge >= 0.3 is 19.5 Å². The SMILES string of the molecule is COc1ccc(C(N)(c2ccc(OC)cc2)C(N)C(C)C)cc1.Cc1cc(C)cc(P(c2cc(C)cc(C)c2)c2ccc3c(c2-c2c(P(c4cc(C)cc(C)c4)c4cc(C)cc(C)c4)ccc4c2OCO4)OCO3)c1.[Cl-].[Cl-].[Ru+2]. The molecule has 0 aromatic heterocycles. The second-order valence-corrected chi connectivity index (χ2v) is 24.9. The first-order chi connectivity index (χ1) is 35.9. The molecule has 4 N–H and O–H groups in total. The van der Waals surface area contributed by atoms with Gasteiger partial charge in [0.2, 0.25) is 13.6 Å². The molecule has 408 valence electrons. The van der Waals surface area contributed by atoms with Crippen LogP contribution in [0.5, 0.6) is 34.5 Å². The van der Waals surface area contributed by atoms with Gasteiger partial charge < -0.3 is 64.7 Å². The Hall–Kier alpha value is -5.46. The monoisotopic (exact) mass is 1210 g/mol. The molecule has 8 aromatic carbocycles. The molecule has 10 rings (SSSR count). The van der Waals surface area contributed by atoms with Crippen molar-refractivity contribution in [2.75, 3.05) is 27.8 Å². The van der Waals surface area contributed by atoms with E-state index in [-0.39, 0.29) is 69.8 Å². The maximum atomic E-state index is 6.86. The van der Waals surface area contributed by atoms with Crippen molar-refractivity contribution in [1.82, 2.24) is 0 Å². The van der Waals surface area contributed by atoms with Crippen molar-refractivity contribution in [2.24, 2.45) is 17.4 Å². The van der Waals surface area contributed by atoms with Crippen LogP contribution in [0.2, 0.25) is 0 Å². The number of benzene rings is 8. The van der Waals surface area contributed by atoms with Crippen molar-refractivity contribution in [3.63, 3.8) is 0 Å². The summed E-state index contributed by atoms with van der Waals surface area (Å²) < 4.78 is 35.8. The molecule has 0 saturated carbocycles. The van der Waals surface area contributed by atoms with E-state index in [9.17, 15) is 0 Å². The van der Waals surface area contributed by atoms with Crippen LogP contribution >= 0.6 is 15.8 Å². The number of ether oxygens (including phenoxy) is 6. The van der Waals surface area contributed by atoms with Crippen LogP contribution in [-0.4, -0.2) is 33.8 Å². The minimum Gasteiger partial charge on any atom is -1.00 e. The molecule has 0 fully saturated rings. The maximum Gasteiger partial charge on any atom is 2.00 e. The van der Waals surface area contributed by atoms with Crippen molar-refractivity contribution in [3.05, 3.63) is 201 Å². The summed E-state index contributed by atoms with van der Waals surface area (Å²) in [6, 6.07) is 52.0. The summed E-state index contributed by atoms with van der Waals surface area (Å²) in [4.78, 5) is 0. The average Bonchev–Trinajstić information content (AvgIpc) is 4.06. The fourth-order valence-corrected chi connectivity index (χ4v) is 16.5. The van der Waals surface area contributed by atoms with Crippen LogP contribution in [0.3, 0.4) is 0 Å². The first kappa shape index (κ1) is 61.8. The van der Waals surface area contributed by atoms with Crippen molar-refractivity contribution in [3.8, 4) is 45.6 Å². The Labute approximate surface area is 490 Å². The zero-order chi connectivity index (χ0) is 53.3. The largest absolute Gasteiger partial charge is 2.00 e. The van der Waals surface area contributed by atoms with Gasteiger partial charge in [-0.05, 0) is 169 Å². The van der Waals surface area contributed by atoms with Gasteiger partial charge in [0, 0.05) is 17.2 Å². The quantitative estimate of drug-likeness (QED) is 0.112. The van der Waals surface area contributed by atoms with Gasteiger partial charge in [-0.2, -0.15) is 0 Å².